The van der Waals surface area contributed by atoms with E-state index in [1.807, 2.05) is 61.0 Å². The van der Waals surface area contributed by atoms with Crippen molar-refractivity contribution in [3.63, 3.8) is 0 Å². The van der Waals surface area contributed by atoms with Gasteiger partial charge in [-0.3, -0.25) is 4.79 Å². The van der Waals surface area contributed by atoms with Crippen LogP contribution in [0.2, 0.25) is 0 Å². The maximum absolute atomic E-state index is 12.2. The lowest BCUT2D eigenvalue weighted by atomic mass is 10.0. The van der Waals surface area contributed by atoms with Crippen LogP contribution >= 0.6 is 0 Å². The Morgan fingerprint density at radius 1 is 1.17 bits per heavy atom. The molecule has 0 saturated carbocycles. The quantitative estimate of drug-likeness (QED) is 0.741. The zero-order valence-corrected chi connectivity index (χ0v) is 14.4. The van der Waals surface area contributed by atoms with Gasteiger partial charge in [-0.1, -0.05) is 32.0 Å². The van der Waals surface area contributed by atoms with Gasteiger partial charge in [0.05, 0.1) is 5.69 Å². The van der Waals surface area contributed by atoms with Gasteiger partial charge in [0.1, 0.15) is 5.65 Å². The predicted molar refractivity (Wildman–Crippen MR) is 98.1 cm³/mol. The third kappa shape index (κ3) is 3.18. The molecule has 0 aliphatic heterocycles. The minimum atomic E-state index is 0.0751. The summed E-state index contributed by atoms with van der Waals surface area (Å²) in [7, 11) is 0. The Morgan fingerprint density at radius 3 is 2.50 bits per heavy atom. The average molecular weight is 321 g/mol. The molecule has 1 aromatic carbocycles. The lowest BCUT2D eigenvalue weighted by molar-refractivity contribution is -0.120. The van der Waals surface area contributed by atoms with Gasteiger partial charge < -0.3 is 9.72 Å². The van der Waals surface area contributed by atoms with Crippen LogP contribution < -0.4 is 5.32 Å². The number of carbonyl (C=O) groups excluding carboxylic acids is 1. The zero-order chi connectivity index (χ0) is 17.1. The first-order chi connectivity index (χ1) is 11.6. The van der Waals surface area contributed by atoms with Gasteiger partial charge in [0.25, 0.3) is 0 Å². The molecule has 3 rings (SSSR count). The third-order valence-electron chi connectivity index (χ3n) is 4.48. The molecule has 0 bridgehead atoms. The maximum Gasteiger partial charge on any atom is 0.227 e. The smallest absolute Gasteiger partial charge is 0.227 e. The first-order valence-electron chi connectivity index (χ1n) is 8.48. The lowest BCUT2D eigenvalue weighted by Gasteiger charge is -2.12. The topological polar surface area (TPSA) is 46.4 Å². The first kappa shape index (κ1) is 16.2. The van der Waals surface area contributed by atoms with Crippen molar-refractivity contribution in [2.45, 2.75) is 33.6 Å². The molecule has 0 fully saturated rings. The van der Waals surface area contributed by atoms with Crippen molar-refractivity contribution in [2.75, 3.05) is 5.32 Å². The fraction of sp³-hybridized carbons (Fsp3) is 0.300. The Kier molecular flexibility index (Phi) is 4.65. The minimum Gasteiger partial charge on any atom is -0.326 e. The van der Waals surface area contributed by atoms with Crippen LogP contribution in [0.3, 0.4) is 0 Å². The third-order valence-corrected chi connectivity index (χ3v) is 4.48. The van der Waals surface area contributed by atoms with Gasteiger partial charge in [0, 0.05) is 29.6 Å². The number of nitrogens with zero attached hydrogens (tertiary/aromatic N) is 2. The van der Waals surface area contributed by atoms with Gasteiger partial charge in [-0.2, -0.15) is 0 Å². The molecular weight excluding hydrogens is 298 g/mol. The van der Waals surface area contributed by atoms with Gasteiger partial charge in [-0.05, 0) is 43.5 Å². The van der Waals surface area contributed by atoms with Gasteiger partial charge in [-0.15, -0.1) is 0 Å². The summed E-state index contributed by atoms with van der Waals surface area (Å²) < 4.78 is 2.04. The monoisotopic (exact) mass is 321 g/mol. The molecule has 0 radical (unpaired) electrons. The van der Waals surface area contributed by atoms with E-state index < -0.39 is 0 Å². The van der Waals surface area contributed by atoms with Crippen molar-refractivity contribution in [1.82, 2.24) is 9.38 Å². The van der Waals surface area contributed by atoms with Gasteiger partial charge in [-0.25, -0.2) is 4.98 Å². The Balaban J connectivity index is 1.81. The van der Waals surface area contributed by atoms with Crippen LogP contribution in [-0.2, 0) is 4.79 Å². The van der Waals surface area contributed by atoms with E-state index in [9.17, 15) is 4.79 Å². The standard InChI is InChI=1S/C20H23N3O/c1-4-15(5-2)20(24)21-17-10-8-16(9-11-17)18-13-23-12-6-7-14(3)19(23)22-18/h6-13,15H,4-5H2,1-3H3,(H,21,24). The van der Waals surface area contributed by atoms with E-state index in [4.69, 9.17) is 4.98 Å². The number of fused-ring (bicyclic) bond motifs is 1. The van der Waals surface area contributed by atoms with Crippen molar-refractivity contribution < 1.29 is 4.79 Å². The van der Waals surface area contributed by atoms with Crippen LogP contribution in [0.1, 0.15) is 32.3 Å². The summed E-state index contributed by atoms with van der Waals surface area (Å²) in [5, 5.41) is 2.99. The summed E-state index contributed by atoms with van der Waals surface area (Å²) in [5.41, 5.74) is 4.92. The van der Waals surface area contributed by atoms with Crippen LogP contribution in [0, 0.1) is 12.8 Å². The minimum absolute atomic E-state index is 0.0751. The molecule has 0 atom stereocenters. The van der Waals surface area contributed by atoms with E-state index in [1.165, 1.54) is 0 Å². The van der Waals surface area contributed by atoms with Crippen molar-refractivity contribution in [1.29, 1.82) is 0 Å². The molecule has 1 amide bonds. The van der Waals surface area contributed by atoms with Crippen molar-refractivity contribution in [3.8, 4) is 11.3 Å². The second-order valence-electron chi connectivity index (χ2n) is 6.13. The number of hydrogen-bond acceptors (Lipinski definition) is 2. The normalized spacial score (nSPS) is 11.2. The second-order valence-corrected chi connectivity index (χ2v) is 6.13. The summed E-state index contributed by atoms with van der Waals surface area (Å²) in [4.78, 5) is 16.9. The predicted octanol–water partition coefficient (Wildman–Crippen LogP) is 4.68. The number of aryl methyl sites for hydroxylation is 1. The number of carbonyl (C=O) groups is 1. The molecule has 2 heterocycles. The van der Waals surface area contributed by atoms with Gasteiger partial charge >= 0.3 is 0 Å². The van der Waals surface area contributed by atoms with Gasteiger partial charge in [0.15, 0.2) is 0 Å². The molecule has 0 unspecified atom stereocenters. The van der Waals surface area contributed by atoms with E-state index >= 15 is 0 Å². The fourth-order valence-corrected chi connectivity index (χ4v) is 2.92. The van der Waals surface area contributed by atoms with Crippen LogP contribution in [-0.4, -0.2) is 15.3 Å². The number of rotatable bonds is 5. The molecule has 3 aromatic rings. The number of pyridine rings is 1. The number of imidazole rings is 1. The highest BCUT2D eigenvalue weighted by Gasteiger charge is 2.14. The molecule has 1 N–H and O–H groups in total. The van der Waals surface area contributed by atoms with Gasteiger partial charge in [0.2, 0.25) is 5.91 Å². The van der Waals surface area contributed by atoms with E-state index in [1.54, 1.807) is 0 Å². The summed E-state index contributed by atoms with van der Waals surface area (Å²) in [6.45, 7) is 6.15. The summed E-state index contributed by atoms with van der Waals surface area (Å²) >= 11 is 0. The van der Waals surface area contributed by atoms with Crippen molar-refractivity contribution in [3.05, 3.63) is 54.4 Å². The number of nitrogens with one attached hydrogen (secondary N) is 1. The molecular formula is C20H23N3O. The molecule has 0 aliphatic carbocycles. The fourth-order valence-electron chi connectivity index (χ4n) is 2.92. The van der Waals surface area contributed by atoms with Crippen LogP contribution in [0.5, 0.6) is 0 Å². The van der Waals surface area contributed by atoms with E-state index in [2.05, 4.69) is 18.3 Å². The van der Waals surface area contributed by atoms with Crippen molar-refractivity contribution >= 4 is 17.2 Å². The Labute approximate surface area is 142 Å². The van der Waals surface area contributed by atoms with E-state index in [0.29, 0.717) is 0 Å². The maximum atomic E-state index is 12.2. The summed E-state index contributed by atoms with van der Waals surface area (Å²) in [5.74, 6) is 0.169. The largest absolute Gasteiger partial charge is 0.326 e. The Hall–Kier alpha value is -2.62. The molecule has 4 heteroatoms. The highest BCUT2D eigenvalue weighted by atomic mass is 16.1. The number of aromatic nitrogens is 2. The Bertz CT molecular complexity index is 845. The molecule has 0 aliphatic rings. The van der Waals surface area contributed by atoms with Crippen LogP contribution in [0.4, 0.5) is 5.69 Å². The summed E-state index contributed by atoms with van der Waals surface area (Å²) in [6, 6.07) is 11.9. The SMILES string of the molecule is CCC(CC)C(=O)Nc1ccc(-c2cn3cccc(C)c3n2)cc1. The highest BCUT2D eigenvalue weighted by molar-refractivity contribution is 5.92. The Morgan fingerprint density at radius 2 is 1.88 bits per heavy atom. The van der Waals surface area contributed by atoms with Crippen LogP contribution in [0.15, 0.2) is 48.8 Å². The zero-order valence-electron chi connectivity index (χ0n) is 14.4. The molecule has 0 spiro atoms. The molecule has 0 saturated heterocycles. The number of anilines is 1. The molecule has 4 nitrogen and oxygen atoms in total. The first-order valence-corrected chi connectivity index (χ1v) is 8.48. The number of benzene rings is 1. The summed E-state index contributed by atoms with van der Waals surface area (Å²) in [6.07, 6.45) is 5.76. The molecule has 124 valence electrons. The lowest BCUT2D eigenvalue weighted by Crippen LogP contribution is -2.21. The van der Waals surface area contributed by atoms with E-state index in [-0.39, 0.29) is 11.8 Å². The van der Waals surface area contributed by atoms with E-state index in [0.717, 1.165) is 41.0 Å². The van der Waals surface area contributed by atoms with Crippen LogP contribution in [0.25, 0.3) is 16.9 Å². The highest BCUT2D eigenvalue weighted by Crippen LogP contribution is 2.23. The molecule has 2 aromatic heterocycles. The second kappa shape index (κ2) is 6.87. The number of amides is 1. The molecule has 24 heavy (non-hydrogen) atoms. The van der Waals surface area contributed by atoms with Crippen molar-refractivity contribution in [2.24, 2.45) is 5.92 Å². The average Bonchev–Trinajstić information content (AvgIpc) is 3.02. The number of hydrogen-bond donors (Lipinski definition) is 1.